The first-order chi connectivity index (χ1) is 11.1. The molecular weight excluding hydrogens is 380 g/mol. The van der Waals surface area contributed by atoms with Gasteiger partial charge in [0, 0.05) is 29.2 Å². The molecule has 0 atom stereocenters. The molecule has 0 saturated heterocycles. The molecular formula is C15H19BrN4O2S. The highest BCUT2D eigenvalue weighted by Gasteiger charge is 2.33. The maximum Gasteiger partial charge on any atom is 0.227 e. The predicted octanol–water partition coefficient (Wildman–Crippen LogP) is 2.88. The Morgan fingerprint density at radius 1 is 1.48 bits per heavy atom. The molecule has 0 bridgehead atoms. The Morgan fingerprint density at radius 3 is 2.91 bits per heavy atom. The molecule has 1 aliphatic carbocycles. The lowest BCUT2D eigenvalue weighted by molar-refractivity contribution is -0.123. The number of thiophene rings is 1. The smallest absolute Gasteiger partial charge is 0.227 e. The number of amides is 1. The van der Waals surface area contributed by atoms with Gasteiger partial charge in [-0.05, 0) is 34.8 Å². The second-order valence-corrected chi connectivity index (χ2v) is 7.71. The number of hydrogen-bond acceptors (Lipinski definition) is 6. The number of nitrogens with one attached hydrogen (secondary N) is 1. The SMILES string of the molecule is NCC1(NC(=O)CCc2nc(-c3cc(Br)cs3)no2)CCCC1. The average molecular weight is 399 g/mol. The number of hydrogen-bond donors (Lipinski definition) is 2. The van der Waals surface area contributed by atoms with Crippen LogP contribution in [-0.4, -0.2) is 28.1 Å². The summed E-state index contributed by atoms with van der Waals surface area (Å²) in [5.41, 5.74) is 5.63. The van der Waals surface area contributed by atoms with Crippen molar-refractivity contribution in [3.63, 3.8) is 0 Å². The number of aromatic nitrogens is 2. The number of nitrogens with zero attached hydrogens (tertiary/aromatic N) is 2. The van der Waals surface area contributed by atoms with Crippen LogP contribution in [0.15, 0.2) is 20.4 Å². The maximum atomic E-state index is 12.2. The summed E-state index contributed by atoms with van der Waals surface area (Å²) < 4.78 is 6.22. The molecule has 124 valence electrons. The van der Waals surface area contributed by atoms with Gasteiger partial charge in [0.25, 0.3) is 0 Å². The van der Waals surface area contributed by atoms with Crippen molar-refractivity contribution in [2.75, 3.05) is 6.54 Å². The molecule has 1 amide bonds. The Kier molecular flexibility index (Phi) is 5.13. The zero-order chi connectivity index (χ0) is 16.3. The van der Waals surface area contributed by atoms with Crippen LogP contribution in [0, 0.1) is 0 Å². The van der Waals surface area contributed by atoms with Crippen LogP contribution in [0.5, 0.6) is 0 Å². The fourth-order valence-electron chi connectivity index (χ4n) is 2.90. The molecule has 1 saturated carbocycles. The van der Waals surface area contributed by atoms with Crippen molar-refractivity contribution in [2.24, 2.45) is 5.73 Å². The number of nitrogens with two attached hydrogens (primary N) is 1. The standard InChI is InChI=1S/C15H19BrN4O2S/c16-10-7-11(23-8-10)14-18-13(22-20-14)4-3-12(21)19-15(9-17)5-1-2-6-15/h7-8H,1-6,9,17H2,(H,19,21). The van der Waals surface area contributed by atoms with Gasteiger partial charge in [-0.3, -0.25) is 4.79 Å². The van der Waals surface area contributed by atoms with E-state index in [-0.39, 0.29) is 11.4 Å². The summed E-state index contributed by atoms with van der Waals surface area (Å²) in [6.07, 6.45) is 4.95. The number of aryl methyl sites for hydroxylation is 1. The van der Waals surface area contributed by atoms with Crippen molar-refractivity contribution in [1.29, 1.82) is 0 Å². The zero-order valence-electron chi connectivity index (χ0n) is 12.7. The lowest BCUT2D eigenvalue weighted by Crippen LogP contribution is -2.51. The highest BCUT2D eigenvalue weighted by molar-refractivity contribution is 9.10. The largest absolute Gasteiger partial charge is 0.349 e. The highest BCUT2D eigenvalue weighted by atomic mass is 79.9. The van der Waals surface area contributed by atoms with Gasteiger partial charge in [0.2, 0.25) is 17.6 Å². The first-order valence-corrected chi connectivity index (χ1v) is 9.36. The van der Waals surface area contributed by atoms with E-state index in [0.29, 0.717) is 31.1 Å². The van der Waals surface area contributed by atoms with Gasteiger partial charge in [-0.15, -0.1) is 11.3 Å². The van der Waals surface area contributed by atoms with Gasteiger partial charge in [0.1, 0.15) is 0 Å². The average Bonchev–Trinajstić information content (AvgIpc) is 3.26. The van der Waals surface area contributed by atoms with E-state index in [2.05, 4.69) is 31.4 Å². The van der Waals surface area contributed by atoms with E-state index in [0.717, 1.165) is 35.0 Å². The minimum atomic E-state index is -0.208. The van der Waals surface area contributed by atoms with Crippen LogP contribution >= 0.6 is 27.3 Å². The molecule has 1 aliphatic rings. The summed E-state index contributed by atoms with van der Waals surface area (Å²) in [4.78, 5) is 17.4. The Labute approximate surface area is 147 Å². The third kappa shape index (κ3) is 3.99. The minimum absolute atomic E-state index is 0.00373. The van der Waals surface area contributed by atoms with Gasteiger partial charge < -0.3 is 15.6 Å². The molecule has 2 aromatic rings. The van der Waals surface area contributed by atoms with Crippen LogP contribution < -0.4 is 11.1 Å². The normalized spacial score (nSPS) is 16.6. The minimum Gasteiger partial charge on any atom is -0.349 e. The van der Waals surface area contributed by atoms with E-state index in [1.165, 1.54) is 11.3 Å². The highest BCUT2D eigenvalue weighted by Crippen LogP contribution is 2.29. The fraction of sp³-hybridized carbons (Fsp3) is 0.533. The number of carbonyl (C=O) groups excluding carboxylic acids is 1. The first-order valence-electron chi connectivity index (χ1n) is 7.68. The van der Waals surface area contributed by atoms with Gasteiger partial charge in [0.15, 0.2) is 0 Å². The van der Waals surface area contributed by atoms with Crippen LogP contribution in [0.4, 0.5) is 0 Å². The van der Waals surface area contributed by atoms with Crippen LogP contribution in [0.2, 0.25) is 0 Å². The first kappa shape index (κ1) is 16.6. The van der Waals surface area contributed by atoms with Gasteiger partial charge in [-0.25, -0.2) is 0 Å². The molecule has 3 N–H and O–H groups in total. The Hall–Kier alpha value is -1.25. The molecule has 1 fully saturated rings. The predicted molar refractivity (Wildman–Crippen MR) is 92.0 cm³/mol. The summed E-state index contributed by atoms with van der Waals surface area (Å²) >= 11 is 4.94. The molecule has 0 radical (unpaired) electrons. The van der Waals surface area contributed by atoms with Crippen molar-refractivity contribution >= 4 is 33.2 Å². The van der Waals surface area contributed by atoms with Gasteiger partial charge in [0.05, 0.1) is 10.4 Å². The Bertz CT molecular complexity index is 679. The molecule has 23 heavy (non-hydrogen) atoms. The second-order valence-electron chi connectivity index (χ2n) is 5.88. The van der Waals surface area contributed by atoms with E-state index in [4.69, 9.17) is 10.3 Å². The molecule has 2 aromatic heterocycles. The monoisotopic (exact) mass is 398 g/mol. The third-order valence-corrected chi connectivity index (χ3v) is 5.86. The van der Waals surface area contributed by atoms with E-state index in [9.17, 15) is 4.79 Å². The van der Waals surface area contributed by atoms with Crippen molar-refractivity contribution in [1.82, 2.24) is 15.5 Å². The summed E-state index contributed by atoms with van der Waals surface area (Å²) in [6.45, 7) is 0.497. The molecule has 0 aromatic carbocycles. The van der Waals surface area contributed by atoms with Crippen molar-refractivity contribution in [3.05, 3.63) is 21.8 Å². The summed E-state index contributed by atoms with van der Waals surface area (Å²) in [5, 5.41) is 9.02. The number of rotatable bonds is 6. The molecule has 2 heterocycles. The number of carbonyl (C=O) groups is 1. The Balaban J connectivity index is 1.54. The van der Waals surface area contributed by atoms with Crippen LogP contribution in [-0.2, 0) is 11.2 Å². The van der Waals surface area contributed by atoms with Crippen LogP contribution in [0.3, 0.4) is 0 Å². The lowest BCUT2D eigenvalue weighted by atomic mass is 9.97. The van der Waals surface area contributed by atoms with Crippen LogP contribution in [0.1, 0.15) is 38.0 Å². The molecule has 3 rings (SSSR count). The molecule has 0 unspecified atom stereocenters. The van der Waals surface area contributed by atoms with Gasteiger partial charge in [-0.1, -0.05) is 18.0 Å². The molecule has 8 heteroatoms. The van der Waals surface area contributed by atoms with Gasteiger partial charge >= 0.3 is 0 Å². The lowest BCUT2D eigenvalue weighted by Gasteiger charge is -2.28. The van der Waals surface area contributed by atoms with Crippen molar-refractivity contribution in [2.45, 2.75) is 44.1 Å². The van der Waals surface area contributed by atoms with E-state index in [1.54, 1.807) is 0 Å². The third-order valence-electron chi connectivity index (χ3n) is 4.18. The van der Waals surface area contributed by atoms with Crippen molar-refractivity contribution < 1.29 is 9.32 Å². The Morgan fingerprint density at radius 2 is 2.26 bits per heavy atom. The zero-order valence-corrected chi connectivity index (χ0v) is 15.1. The maximum absolute atomic E-state index is 12.2. The summed E-state index contributed by atoms with van der Waals surface area (Å²) in [6, 6.07) is 1.94. The van der Waals surface area contributed by atoms with Gasteiger partial charge in [-0.2, -0.15) is 4.98 Å². The second kappa shape index (κ2) is 7.11. The molecule has 0 aliphatic heterocycles. The number of halogens is 1. The van der Waals surface area contributed by atoms with E-state index < -0.39 is 0 Å². The van der Waals surface area contributed by atoms with Crippen molar-refractivity contribution in [3.8, 4) is 10.7 Å². The van der Waals surface area contributed by atoms with E-state index in [1.807, 2.05) is 11.4 Å². The quantitative estimate of drug-likeness (QED) is 0.779. The van der Waals surface area contributed by atoms with Crippen LogP contribution in [0.25, 0.3) is 10.7 Å². The fourth-order valence-corrected chi connectivity index (χ4v) is 4.25. The topological polar surface area (TPSA) is 94.0 Å². The molecule has 0 spiro atoms. The van der Waals surface area contributed by atoms with E-state index >= 15 is 0 Å². The summed E-state index contributed by atoms with van der Waals surface area (Å²) in [5.74, 6) is 1.04. The molecule has 6 nitrogen and oxygen atoms in total. The summed E-state index contributed by atoms with van der Waals surface area (Å²) in [7, 11) is 0.